The fourth-order valence-electron chi connectivity index (χ4n) is 16.4. The molecule has 2 atom stereocenters. The number of likely N-dealkylation sites (tertiary alicyclic amines) is 1. The topological polar surface area (TPSA) is 346 Å². The Morgan fingerprint density at radius 1 is 0.444 bits per heavy atom. The van der Waals surface area contributed by atoms with Crippen LogP contribution >= 0.6 is 0 Å². The minimum Gasteiger partial charge on any atom is -0.457 e. The molecular weight excluding hydrogens is 1480 g/mol. The fraction of sp³-hybridized carbons (Fsp3) is 0.300. The number of aromatic amines is 3. The van der Waals surface area contributed by atoms with E-state index in [9.17, 15) is 28.8 Å². The summed E-state index contributed by atoms with van der Waals surface area (Å²) in [5, 5.41) is 28.1. The minimum atomic E-state index is -0.293. The molecule has 1 saturated heterocycles. The summed E-state index contributed by atoms with van der Waals surface area (Å²) in [5.41, 5.74) is 25.0. The fourth-order valence-corrected chi connectivity index (χ4v) is 16.4. The number of aromatic nitrogens is 9. The van der Waals surface area contributed by atoms with E-state index in [0.717, 1.165) is 133 Å². The van der Waals surface area contributed by atoms with Crippen molar-refractivity contribution < 1.29 is 28.6 Å². The highest BCUT2D eigenvalue weighted by atomic mass is 16.5. The zero-order valence-electron chi connectivity index (χ0n) is 66.6. The number of H-pyrrole nitrogens is 3. The summed E-state index contributed by atoms with van der Waals surface area (Å²) in [6, 6.07) is 52.6. The van der Waals surface area contributed by atoms with Crippen LogP contribution in [0.15, 0.2) is 233 Å². The zero-order valence-corrected chi connectivity index (χ0v) is 66.6. The van der Waals surface area contributed by atoms with E-state index in [-0.39, 0.29) is 76.1 Å². The first-order valence-corrected chi connectivity index (χ1v) is 39.6. The van der Waals surface area contributed by atoms with Crippen molar-refractivity contribution in [1.82, 2.24) is 74.5 Å². The quantitative estimate of drug-likeness (QED) is 0.0261. The van der Waals surface area contributed by atoms with Crippen molar-refractivity contribution in [3.63, 3.8) is 0 Å². The molecule has 0 spiro atoms. The van der Waals surface area contributed by atoms with Crippen molar-refractivity contribution in [2.45, 2.75) is 82.1 Å². The number of fused-ring (bicyclic) bond motifs is 5. The molecule has 2 bridgehead atoms. The number of nitrogens with two attached hydrogens (primary N) is 3. The number of amides is 3. The van der Waals surface area contributed by atoms with E-state index >= 15 is 0 Å². The van der Waals surface area contributed by atoms with Crippen molar-refractivity contribution in [2.24, 2.45) is 17.8 Å². The van der Waals surface area contributed by atoms with Crippen molar-refractivity contribution >= 4 is 67.9 Å². The first-order chi connectivity index (χ1) is 56.6. The second-order valence-electron chi connectivity index (χ2n) is 31.3. The Bertz CT molecular complexity index is 5730. The Morgan fingerprint density at radius 3 is 1.21 bits per heavy atom. The average molecular weight is 1580 g/mol. The van der Waals surface area contributed by atoms with Crippen molar-refractivity contribution in [1.29, 1.82) is 0 Å². The average Bonchev–Trinajstić information content (AvgIpc) is 1.61. The van der Waals surface area contributed by atoms with Gasteiger partial charge in [-0.05, 0) is 195 Å². The molecule has 0 radical (unpaired) electrons. The highest BCUT2D eigenvalue weighted by molar-refractivity contribution is 6.04. The molecule has 11 N–H and O–H groups in total. The Hall–Kier alpha value is -13.1. The lowest BCUT2D eigenvalue weighted by Crippen LogP contribution is -2.50. The van der Waals surface area contributed by atoms with Gasteiger partial charge in [-0.15, -0.1) is 0 Å². The molecule has 1 aliphatic heterocycles. The highest BCUT2D eigenvalue weighted by Gasteiger charge is 2.44. The smallest absolute Gasteiger partial charge is 0.288 e. The number of nitrogens with one attached hydrogen (secondary N) is 5. The van der Waals surface area contributed by atoms with Gasteiger partial charge in [-0.1, -0.05) is 109 Å². The SMILES string of the molecule is CN(C)C/C=C/C(=O)N1CC(Cn2cc(-c3ccc(Oc4ccccc4)cc3)c3c(N)n[nH]c(=O)c32)C1.CN(C)C/C=C/C(=O)NC1C2CCC1CC(n1cc(-c3ccc(Oc4ccccc4)cc3)c3c(N)n[nH]c(=O)c31)C2.CN(C)C/C=C/C(=O)NC1CCC(n2cc(-c3ccc(Oc4ccccc4)cc3)c3c(N)n[nH]c(=O)c32)CC1. The molecule has 27 heteroatoms. The number of ether oxygens (including phenoxy) is 3. The van der Waals surface area contributed by atoms with Gasteiger partial charge in [0.2, 0.25) is 17.7 Å². The van der Waals surface area contributed by atoms with Gasteiger partial charge in [0.1, 0.15) is 51.0 Å². The molecule has 4 aliphatic rings. The third-order valence-electron chi connectivity index (χ3n) is 22.0. The summed E-state index contributed by atoms with van der Waals surface area (Å²) >= 11 is 0. The van der Waals surface area contributed by atoms with Crippen LogP contribution in [0.5, 0.6) is 34.5 Å². The lowest BCUT2D eigenvalue weighted by atomic mass is 9.80. The first kappa shape index (κ1) is 80.5. The van der Waals surface area contributed by atoms with Crippen molar-refractivity contribution in [3.05, 3.63) is 250 Å². The zero-order chi connectivity index (χ0) is 81.8. The molecule has 604 valence electrons. The van der Waals surface area contributed by atoms with Crippen LogP contribution in [0.2, 0.25) is 0 Å². The Kier molecular flexibility index (Phi) is 25.2. The van der Waals surface area contributed by atoms with Crippen molar-refractivity contribution in [2.75, 3.05) is 92.2 Å². The molecule has 2 unspecified atom stereocenters. The van der Waals surface area contributed by atoms with Crippen LogP contribution in [-0.2, 0) is 20.9 Å². The van der Waals surface area contributed by atoms with E-state index in [4.69, 9.17) is 31.4 Å². The maximum Gasteiger partial charge on any atom is 0.288 e. The molecule has 6 aromatic carbocycles. The number of benzene rings is 6. The van der Waals surface area contributed by atoms with Crippen LogP contribution in [-0.4, -0.2) is 169 Å². The van der Waals surface area contributed by atoms with E-state index in [2.05, 4.69) is 52.0 Å². The third-order valence-corrected chi connectivity index (χ3v) is 22.0. The normalized spacial score (nSPS) is 18.0. The van der Waals surface area contributed by atoms with Gasteiger partial charge in [0.05, 0.1) is 16.2 Å². The highest BCUT2D eigenvalue weighted by Crippen LogP contribution is 2.49. The molecule has 12 aromatic rings. The lowest BCUT2D eigenvalue weighted by molar-refractivity contribution is -0.132. The second-order valence-corrected chi connectivity index (χ2v) is 31.3. The van der Waals surface area contributed by atoms with E-state index in [1.165, 1.54) is 0 Å². The second kappa shape index (κ2) is 36.6. The molecule has 117 heavy (non-hydrogen) atoms. The Balaban J connectivity index is 0.000000145. The summed E-state index contributed by atoms with van der Waals surface area (Å²) in [7, 11) is 11.8. The maximum atomic E-state index is 13.2. The van der Waals surface area contributed by atoms with Crippen LogP contribution in [0.3, 0.4) is 0 Å². The van der Waals surface area contributed by atoms with Gasteiger partial charge in [0.25, 0.3) is 16.7 Å². The third kappa shape index (κ3) is 19.3. The molecule has 4 fully saturated rings. The number of rotatable bonds is 24. The molecule has 6 aromatic heterocycles. The number of hydrogen-bond acceptors (Lipinski definition) is 18. The van der Waals surface area contributed by atoms with Crippen LogP contribution in [0, 0.1) is 17.8 Å². The Morgan fingerprint density at radius 2 is 0.803 bits per heavy atom. The monoisotopic (exact) mass is 1580 g/mol. The molecular formula is C90H100N18O9. The van der Waals surface area contributed by atoms with Gasteiger partial charge in [0, 0.05) is 123 Å². The first-order valence-electron chi connectivity index (χ1n) is 39.6. The number of carbonyl (C=O) groups is 3. The van der Waals surface area contributed by atoms with Crippen LogP contribution in [0.1, 0.15) is 63.5 Å². The van der Waals surface area contributed by atoms with E-state index < -0.39 is 0 Å². The lowest BCUT2D eigenvalue weighted by Gasteiger charge is -2.39. The van der Waals surface area contributed by atoms with Gasteiger partial charge >= 0.3 is 0 Å². The van der Waals surface area contributed by atoms with E-state index in [0.29, 0.717) is 75.7 Å². The molecule has 27 nitrogen and oxygen atoms in total. The number of hydrogen-bond donors (Lipinski definition) is 8. The summed E-state index contributed by atoms with van der Waals surface area (Å²) in [4.78, 5) is 84.0. The predicted molar refractivity (Wildman–Crippen MR) is 459 cm³/mol. The number of carbonyl (C=O) groups excluding carboxylic acids is 3. The summed E-state index contributed by atoms with van der Waals surface area (Å²) in [5.74, 6) is 6.16. The van der Waals surface area contributed by atoms with Crippen LogP contribution < -0.4 is 58.7 Å². The standard InChI is InChI=1S/C32H36N6O3.C30H34N6O3.C28H30N6O3/c1-37(2)16-6-9-27(39)34-29-21-10-11-22(29)18-23(17-21)38-19-26(28-30(38)32(40)36-35-31(28)33)20-12-14-25(15-13-20)41-24-7-4-3-5-8-24;1-35(2)18-6-9-26(37)32-21-12-14-22(15-13-21)36-19-25(27-28(36)30(38)34-33-29(27)31)20-10-16-24(17-11-20)39-23-7-4-3-5-8-23;1-32(2)14-6-9-24(35)33-15-19(16-33)17-34-18-23(25-26(34)28(36)31-30-27(25)29)20-10-12-22(13-11-20)37-21-7-4-3-5-8-21/h3-9,12-15,19,21-23,29H,10-11,16-18H2,1-2H3,(H2,33,35)(H,34,39)(H,36,40);3-11,16-17,19,21-22H,12-15,18H2,1-2H3,(H2,31,33)(H,32,37)(H,34,38);3-13,18-19H,14-17H2,1-2H3,(H2,29,30)(H,31,36)/b3*9-6+. The largest absolute Gasteiger partial charge is 0.457 e. The number of nitrogen functional groups attached to an aromatic ring is 3. The van der Waals surface area contributed by atoms with Gasteiger partial charge < -0.3 is 75.3 Å². The van der Waals surface area contributed by atoms with Gasteiger partial charge in [-0.2, -0.15) is 15.3 Å². The van der Waals surface area contributed by atoms with Gasteiger partial charge in [0.15, 0.2) is 17.5 Å². The van der Waals surface area contributed by atoms with Gasteiger partial charge in [-0.3, -0.25) is 28.8 Å². The molecule has 3 saturated carbocycles. The number of likely N-dealkylation sites (N-methyl/N-ethyl adjacent to an activating group) is 3. The molecule has 3 aliphatic carbocycles. The van der Waals surface area contributed by atoms with E-state index in [1.807, 2.05) is 265 Å². The predicted octanol–water partition coefficient (Wildman–Crippen LogP) is 12.6. The van der Waals surface area contributed by atoms with Crippen LogP contribution in [0.25, 0.3) is 66.1 Å². The van der Waals surface area contributed by atoms with E-state index in [1.54, 1.807) is 18.2 Å². The minimum absolute atomic E-state index is 0.0141. The molecule has 3 amide bonds. The summed E-state index contributed by atoms with van der Waals surface area (Å²) in [6.45, 7) is 4.06. The maximum absolute atomic E-state index is 13.2. The summed E-state index contributed by atoms with van der Waals surface area (Å²) < 4.78 is 23.9. The molecule has 7 heterocycles. The molecule has 16 rings (SSSR count). The number of para-hydroxylation sites is 3. The summed E-state index contributed by atoms with van der Waals surface area (Å²) in [6.07, 6.45) is 23.8. The number of nitrogens with zero attached hydrogens (tertiary/aromatic N) is 10. The van der Waals surface area contributed by atoms with Gasteiger partial charge in [-0.25, -0.2) is 15.3 Å². The van der Waals surface area contributed by atoms with Crippen molar-refractivity contribution in [3.8, 4) is 67.9 Å². The number of anilines is 3. The Labute approximate surface area is 677 Å². The van der Waals surface area contributed by atoms with Crippen LogP contribution in [0.4, 0.5) is 17.5 Å².